The molecule has 0 saturated heterocycles. The number of ether oxygens (including phenoxy) is 3. The summed E-state index contributed by atoms with van der Waals surface area (Å²) in [6, 6.07) is 6.85. The molecule has 24 heavy (non-hydrogen) atoms. The zero-order chi connectivity index (χ0) is 17.4. The van der Waals surface area contributed by atoms with Gasteiger partial charge in [-0.3, -0.25) is 4.79 Å². The second-order valence-corrected chi connectivity index (χ2v) is 5.33. The molecule has 1 aliphatic heterocycles. The van der Waals surface area contributed by atoms with E-state index in [4.69, 9.17) is 14.2 Å². The molecule has 0 aliphatic carbocycles. The molecule has 2 aromatic rings. The van der Waals surface area contributed by atoms with Crippen molar-refractivity contribution in [2.24, 2.45) is 0 Å². The van der Waals surface area contributed by atoms with Crippen molar-refractivity contribution in [2.45, 2.75) is 12.2 Å². The number of benzene rings is 2. The molecular formula is C17H16O7. The summed E-state index contributed by atoms with van der Waals surface area (Å²) in [4.78, 5) is 12.7. The molecule has 1 aliphatic rings. The maximum absolute atomic E-state index is 12.7. The number of phenolic OH excluding ortho intramolecular Hbond substituents is 3. The van der Waals surface area contributed by atoms with Crippen molar-refractivity contribution >= 4 is 5.78 Å². The molecule has 1 heterocycles. The maximum atomic E-state index is 12.7. The van der Waals surface area contributed by atoms with Gasteiger partial charge in [-0.2, -0.15) is 0 Å². The highest BCUT2D eigenvalue weighted by atomic mass is 16.5. The quantitative estimate of drug-likeness (QED) is 0.791. The van der Waals surface area contributed by atoms with Gasteiger partial charge in [0.1, 0.15) is 22.8 Å². The Balaban J connectivity index is 2.10. The van der Waals surface area contributed by atoms with Gasteiger partial charge in [-0.1, -0.05) is 6.07 Å². The van der Waals surface area contributed by atoms with Crippen molar-refractivity contribution in [2.75, 3.05) is 14.2 Å². The number of hydrogen-bond acceptors (Lipinski definition) is 7. The van der Waals surface area contributed by atoms with Crippen molar-refractivity contribution in [3.8, 4) is 28.7 Å². The fraction of sp³-hybridized carbons (Fsp3) is 0.235. The van der Waals surface area contributed by atoms with Gasteiger partial charge in [-0.15, -0.1) is 0 Å². The van der Waals surface area contributed by atoms with Crippen LogP contribution in [0.5, 0.6) is 28.7 Å². The van der Waals surface area contributed by atoms with Crippen molar-refractivity contribution < 1.29 is 34.3 Å². The van der Waals surface area contributed by atoms with E-state index in [9.17, 15) is 20.1 Å². The number of methoxy groups -OCH3 is 2. The first-order valence-corrected chi connectivity index (χ1v) is 7.12. The van der Waals surface area contributed by atoms with Crippen LogP contribution in [-0.4, -0.2) is 41.4 Å². The molecule has 0 radical (unpaired) electrons. The van der Waals surface area contributed by atoms with Gasteiger partial charge < -0.3 is 29.5 Å². The number of fused-ring (bicyclic) bond motifs is 1. The van der Waals surface area contributed by atoms with Gasteiger partial charge in [0, 0.05) is 19.2 Å². The lowest BCUT2D eigenvalue weighted by Crippen LogP contribution is -2.37. The Kier molecular flexibility index (Phi) is 3.94. The summed E-state index contributed by atoms with van der Waals surface area (Å²) in [6.07, 6.45) is -1.83. The number of phenols is 3. The first-order valence-electron chi connectivity index (χ1n) is 7.12. The van der Waals surface area contributed by atoms with Crippen LogP contribution in [0.25, 0.3) is 0 Å². The molecule has 3 rings (SSSR count). The highest BCUT2D eigenvalue weighted by Gasteiger charge is 2.40. The van der Waals surface area contributed by atoms with E-state index in [1.165, 1.54) is 32.4 Å². The Morgan fingerprint density at radius 2 is 1.79 bits per heavy atom. The molecule has 0 spiro atoms. The lowest BCUT2D eigenvalue weighted by Gasteiger charge is -2.32. The lowest BCUT2D eigenvalue weighted by molar-refractivity contribution is -0.00115. The summed E-state index contributed by atoms with van der Waals surface area (Å²) in [5.41, 5.74) is 0.500. The summed E-state index contributed by atoms with van der Waals surface area (Å²) in [7, 11) is 2.77. The largest absolute Gasteiger partial charge is 0.508 e. The Bertz CT molecular complexity index is 800. The lowest BCUT2D eigenvalue weighted by atomic mass is 9.92. The van der Waals surface area contributed by atoms with Gasteiger partial charge in [0.25, 0.3) is 0 Å². The van der Waals surface area contributed by atoms with Crippen LogP contribution in [0, 0.1) is 0 Å². The zero-order valence-electron chi connectivity index (χ0n) is 13.0. The number of hydrogen-bond donors (Lipinski definition) is 3. The highest BCUT2D eigenvalue weighted by molar-refractivity contribution is 6.05. The minimum Gasteiger partial charge on any atom is -0.508 e. The minimum atomic E-state index is -0.998. The van der Waals surface area contributed by atoms with E-state index in [0.717, 1.165) is 6.07 Å². The molecule has 2 aromatic carbocycles. The van der Waals surface area contributed by atoms with Crippen LogP contribution < -0.4 is 9.47 Å². The van der Waals surface area contributed by atoms with Crippen LogP contribution in [0.1, 0.15) is 22.0 Å². The average Bonchev–Trinajstić information content (AvgIpc) is 2.54. The number of carbonyl (C=O) groups is 1. The molecule has 7 nitrogen and oxygen atoms in total. The second kappa shape index (κ2) is 5.93. The number of rotatable bonds is 3. The van der Waals surface area contributed by atoms with Crippen molar-refractivity contribution in [1.29, 1.82) is 0 Å². The summed E-state index contributed by atoms with van der Waals surface area (Å²) in [5.74, 6) is -0.831. The van der Waals surface area contributed by atoms with Gasteiger partial charge in [0.05, 0.1) is 7.11 Å². The number of Topliss-reactive ketones (excluding diaryl/α,β-unsaturated/α-hetero) is 1. The van der Waals surface area contributed by atoms with E-state index < -0.39 is 18.0 Å². The van der Waals surface area contributed by atoms with E-state index in [1.807, 2.05) is 0 Å². The van der Waals surface area contributed by atoms with Crippen LogP contribution in [0.15, 0.2) is 30.3 Å². The van der Waals surface area contributed by atoms with Crippen molar-refractivity contribution in [1.82, 2.24) is 0 Å². The smallest absolute Gasteiger partial charge is 0.203 e. The van der Waals surface area contributed by atoms with Gasteiger partial charge in [0.15, 0.2) is 23.7 Å². The van der Waals surface area contributed by atoms with E-state index >= 15 is 0 Å². The maximum Gasteiger partial charge on any atom is 0.203 e. The fourth-order valence-electron chi connectivity index (χ4n) is 2.75. The molecule has 126 valence electrons. The monoisotopic (exact) mass is 332 g/mol. The Labute approximate surface area is 137 Å². The van der Waals surface area contributed by atoms with Crippen LogP contribution in [-0.2, 0) is 4.74 Å². The van der Waals surface area contributed by atoms with E-state index in [-0.39, 0.29) is 34.3 Å². The Hall–Kier alpha value is -2.93. The van der Waals surface area contributed by atoms with Gasteiger partial charge >= 0.3 is 0 Å². The standard InChI is InChI=1S/C17H16O7/c1-22-12-5-8(3-4-10(12)19)16-17(23-2)15(21)14-11(20)6-9(18)7-13(14)24-16/h3-7,16-20H,1-2H3/t16-,17+/m0/s1. The minimum absolute atomic E-state index is 0.0401. The third-order valence-electron chi connectivity index (χ3n) is 3.89. The summed E-state index contributed by atoms with van der Waals surface area (Å²) < 4.78 is 16.1. The van der Waals surface area contributed by atoms with E-state index in [1.54, 1.807) is 6.07 Å². The fourth-order valence-corrected chi connectivity index (χ4v) is 2.75. The van der Waals surface area contributed by atoms with Crippen molar-refractivity contribution in [3.05, 3.63) is 41.5 Å². The van der Waals surface area contributed by atoms with Crippen LogP contribution in [0.4, 0.5) is 0 Å². The van der Waals surface area contributed by atoms with Gasteiger partial charge in [-0.25, -0.2) is 0 Å². The van der Waals surface area contributed by atoms with E-state index in [0.29, 0.717) is 5.56 Å². The molecule has 7 heteroatoms. The van der Waals surface area contributed by atoms with Gasteiger partial charge in [-0.05, 0) is 17.7 Å². The summed E-state index contributed by atoms with van der Waals surface area (Å²) >= 11 is 0. The Morgan fingerprint density at radius 1 is 1.04 bits per heavy atom. The topological polar surface area (TPSA) is 105 Å². The molecule has 3 N–H and O–H groups in total. The first-order chi connectivity index (χ1) is 11.5. The predicted molar refractivity (Wildman–Crippen MR) is 82.9 cm³/mol. The zero-order valence-corrected chi connectivity index (χ0v) is 13.0. The van der Waals surface area contributed by atoms with Gasteiger partial charge in [0.2, 0.25) is 5.78 Å². The molecule has 0 unspecified atom stereocenters. The third-order valence-corrected chi connectivity index (χ3v) is 3.89. The molecule has 0 fully saturated rings. The second-order valence-electron chi connectivity index (χ2n) is 5.33. The van der Waals surface area contributed by atoms with E-state index in [2.05, 4.69) is 0 Å². The molecule has 0 saturated carbocycles. The normalized spacial score (nSPS) is 19.5. The predicted octanol–water partition coefficient (Wildman–Crippen LogP) is 2.14. The first kappa shape index (κ1) is 15.9. The molecular weight excluding hydrogens is 316 g/mol. The molecule has 0 bridgehead atoms. The number of aromatic hydroxyl groups is 3. The highest BCUT2D eigenvalue weighted by Crippen LogP contribution is 2.43. The number of carbonyl (C=O) groups excluding carboxylic acids is 1. The number of ketones is 1. The summed E-state index contributed by atoms with van der Waals surface area (Å²) in [6.45, 7) is 0. The molecule has 0 aromatic heterocycles. The molecule has 2 atom stereocenters. The Morgan fingerprint density at radius 3 is 2.46 bits per heavy atom. The average molecular weight is 332 g/mol. The van der Waals surface area contributed by atoms with Crippen molar-refractivity contribution in [3.63, 3.8) is 0 Å². The summed E-state index contributed by atoms with van der Waals surface area (Å²) in [5, 5.41) is 29.3. The van der Waals surface area contributed by atoms with Crippen LogP contribution >= 0.6 is 0 Å². The van der Waals surface area contributed by atoms with Crippen LogP contribution in [0.2, 0.25) is 0 Å². The third kappa shape index (κ3) is 2.48. The van der Waals surface area contributed by atoms with Crippen LogP contribution in [0.3, 0.4) is 0 Å². The molecule has 0 amide bonds. The SMILES string of the molecule is COc1cc([C@@H]2Oc3cc(O)cc(O)c3C(=O)[C@H]2OC)ccc1O.